The number of aromatic nitrogens is 2. The van der Waals surface area contributed by atoms with Crippen molar-refractivity contribution in [2.45, 2.75) is 90.4 Å². The second kappa shape index (κ2) is 14.1. The number of halogens is 3. The molecule has 1 N–H and O–H groups in total. The van der Waals surface area contributed by atoms with Crippen molar-refractivity contribution in [2.75, 3.05) is 18.5 Å². The zero-order valence-corrected chi connectivity index (χ0v) is 28.9. The van der Waals surface area contributed by atoms with Crippen LogP contribution in [0, 0.1) is 0 Å². The highest BCUT2D eigenvalue weighted by Gasteiger charge is 2.43. The third-order valence-electron chi connectivity index (χ3n) is 8.68. The van der Waals surface area contributed by atoms with E-state index in [1.807, 2.05) is 54.0 Å². The molecule has 2 aliphatic rings. The van der Waals surface area contributed by atoms with Crippen LogP contribution in [-0.4, -0.2) is 41.6 Å². The van der Waals surface area contributed by atoms with Gasteiger partial charge in [0.05, 0.1) is 23.4 Å². The molecule has 11 heteroatoms. The molecule has 1 aromatic heterocycles. The molecule has 1 atom stereocenters. The lowest BCUT2D eigenvalue weighted by molar-refractivity contribution is -0.137. The number of nitrogens with zero attached hydrogens (tertiary/aromatic N) is 3. The van der Waals surface area contributed by atoms with Gasteiger partial charge in [0.15, 0.2) is 5.82 Å². The molecule has 0 saturated heterocycles. The Hall–Kier alpha value is -3.83. The number of fused-ring (bicyclic) bond motifs is 1. The molecule has 1 amide bonds. The van der Waals surface area contributed by atoms with Crippen LogP contribution in [-0.2, 0) is 45.9 Å². The molecule has 47 heavy (non-hydrogen) atoms. The van der Waals surface area contributed by atoms with Crippen molar-refractivity contribution in [3.05, 3.63) is 101 Å². The summed E-state index contributed by atoms with van der Waals surface area (Å²) in [7, 11) is -1.34. The summed E-state index contributed by atoms with van der Waals surface area (Å²) in [6.45, 7) is 12.2. The van der Waals surface area contributed by atoms with Crippen LogP contribution in [0.25, 0.3) is 5.57 Å². The summed E-state index contributed by atoms with van der Waals surface area (Å²) in [5, 5.41) is 3.45. The van der Waals surface area contributed by atoms with E-state index >= 15 is 0 Å². The third kappa shape index (κ3) is 8.19. The molecule has 252 valence electrons. The van der Waals surface area contributed by atoms with E-state index in [0.29, 0.717) is 61.9 Å². The molecule has 0 radical (unpaired) electrons. The van der Waals surface area contributed by atoms with Gasteiger partial charge in [-0.2, -0.15) is 13.2 Å². The monoisotopic (exact) mass is 666 g/mol. The lowest BCUT2D eigenvalue weighted by Crippen LogP contribution is -2.52. The number of hydrogen-bond acceptors (Lipinski definition) is 5. The van der Waals surface area contributed by atoms with E-state index in [-0.39, 0.29) is 19.1 Å². The first-order chi connectivity index (χ1) is 22.3. The lowest BCUT2D eigenvalue weighted by Gasteiger charge is -2.41. The van der Waals surface area contributed by atoms with Gasteiger partial charge >= 0.3 is 6.18 Å². The average molecular weight is 667 g/mol. The summed E-state index contributed by atoms with van der Waals surface area (Å²) in [5.74, 6) is 1.83. The number of amides is 1. The number of carbonyl (C=O) groups excluding carboxylic acids is 1. The fourth-order valence-corrected chi connectivity index (χ4v) is 6.70. The van der Waals surface area contributed by atoms with Gasteiger partial charge in [0.2, 0.25) is 5.91 Å². The van der Waals surface area contributed by atoms with Crippen LogP contribution in [0.15, 0.2) is 72.5 Å². The topological polar surface area (TPSA) is 68.6 Å². The summed E-state index contributed by atoms with van der Waals surface area (Å²) < 4.78 is 55.6. The fourth-order valence-electron chi connectivity index (χ4n) is 5.94. The number of anilines is 1. The summed E-state index contributed by atoms with van der Waals surface area (Å²) in [5.41, 5.74) is 1.02. The van der Waals surface area contributed by atoms with Gasteiger partial charge in [-0.3, -0.25) is 4.79 Å². The lowest BCUT2D eigenvalue weighted by atomic mass is 9.96. The first kappa shape index (κ1) is 34.5. The van der Waals surface area contributed by atoms with Gasteiger partial charge < -0.3 is 24.3 Å². The quantitative estimate of drug-likeness (QED) is 0.155. The van der Waals surface area contributed by atoms with Crippen molar-refractivity contribution < 1.29 is 27.4 Å². The van der Waals surface area contributed by atoms with Gasteiger partial charge in [-0.15, -0.1) is 0 Å². The summed E-state index contributed by atoms with van der Waals surface area (Å²) >= 11 is 0. The van der Waals surface area contributed by atoms with E-state index in [9.17, 15) is 18.0 Å². The first-order valence-electron chi connectivity index (χ1n) is 16.3. The number of hydrogen-bond donors (Lipinski definition) is 1. The summed E-state index contributed by atoms with van der Waals surface area (Å²) in [6, 6.07) is 16.2. The Kier molecular flexibility index (Phi) is 10.4. The molecule has 1 aliphatic carbocycles. The van der Waals surface area contributed by atoms with Crippen LogP contribution in [0.1, 0.15) is 61.3 Å². The van der Waals surface area contributed by atoms with Crippen LogP contribution in [0.5, 0.6) is 0 Å². The van der Waals surface area contributed by atoms with Crippen LogP contribution in [0.3, 0.4) is 0 Å². The predicted molar refractivity (Wildman–Crippen MR) is 181 cm³/mol. The Morgan fingerprint density at radius 2 is 1.81 bits per heavy atom. The van der Waals surface area contributed by atoms with E-state index in [4.69, 9.17) is 14.5 Å². The van der Waals surface area contributed by atoms with Crippen molar-refractivity contribution in [2.24, 2.45) is 0 Å². The Morgan fingerprint density at radius 1 is 1.04 bits per heavy atom. The number of carbonyl (C=O) groups is 1. The Balaban J connectivity index is 1.52. The van der Waals surface area contributed by atoms with Gasteiger partial charge in [0, 0.05) is 27.6 Å². The SMILES string of the molecule is CCCN1C(=O)Cc2c(nc(C3=CC=C(OCc4ccccc4)CC3)n2COCC[Si](C)(C)C)NC1(C)c1cccc(C(F)(F)F)c1. The third-order valence-corrected chi connectivity index (χ3v) is 10.4. The van der Waals surface area contributed by atoms with Crippen molar-refractivity contribution in [3.63, 3.8) is 0 Å². The summed E-state index contributed by atoms with van der Waals surface area (Å²) in [4.78, 5) is 20.7. The smallest absolute Gasteiger partial charge is 0.416 e. The zero-order chi connectivity index (χ0) is 33.8. The maximum Gasteiger partial charge on any atom is 0.416 e. The minimum atomic E-state index is -4.52. The number of ether oxygens (including phenoxy) is 2. The molecular weight excluding hydrogens is 622 g/mol. The Labute approximate surface area is 276 Å². The van der Waals surface area contributed by atoms with Crippen molar-refractivity contribution >= 4 is 25.4 Å². The van der Waals surface area contributed by atoms with Crippen LogP contribution >= 0.6 is 0 Å². The van der Waals surface area contributed by atoms with E-state index in [1.54, 1.807) is 17.9 Å². The van der Waals surface area contributed by atoms with Gasteiger partial charge in [-0.1, -0.05) is 75.1 Å². The highest BCUT2D eigenvalue weighted by atomic mass is 28.3. The number of allylic oxidation sites excluding steroid dienone is 4. The van der Waals surface area contributed by atoms with Crippen molar-refractivity contribution in [1.29, 1.82) is 0 Å². The molecule has 0 bridgehead atoms. The maximum absolute atomic E-state index is 14.0. The van der Waals surface area contributed by atoms with Crippen LogP contribution < -0.4 is 5.32 Å². The molecule has 3 aromatic rings. The van der Waals surface area contributed by atoms with Gasteiger partial charge in [-0.25, -0.2) is 4.98 Å². The molecular formula is C36H45F3N4O3Si. The number of imidazole rings is 1. The number of benzene rings is 2. The number of rotatable bonds is 12. The summed E-state index contributed by atoms with van der Waals surface area (Å²) in [6.07, 6.45) is 1.48. The van der Waals surface area contributed by atoms with Gasteiger partial charge in [-0.05, 0) is 60.7 Å². The zero-order valence-electron chi connectivity index (χ0n) is 27.9. The fraction of sp³-hybridized carbons (Fsp3) is 0.444. The van der Waals surface area contributed by atoms with E-state index in [2.05, 4.69) is 25.0 Å². The first-order valence-corrected chi connectivity index (χ1v) is 20.0. The highest BCUT2D eigenvalue weighted by molar-refractivity contribution is 6.76. The van der Waals surface area contributed by atoms with E-state index in [1.165, 1.54) is 6.07 Å². The number of nitrogens with one attached hydrogen (secondary N) is 1. The second-order valence-electron chi connectivity index (χ2n) is 13.6. The minimum Gasteiger partial charge on any atom is -0.493 e. The maximum atomic E-state index is 14.0. The van der Waals surface area contributed by atoms with E-state index < -0.39 is 25.5 Å². The molecule has 0 fully saturated rings. The molecule has 0 saturated carbocycles. The second-order valence-corrected chi connectivity index (χ2v) is 19.2. The molecule has 2 aromatic carbocycles. The molecule has 1 unspecified atom stereocenters. The Bertz CT molecular complexity index is 1630. The van der Waals surface area contributed by atoms with Gasteiger partial charge in [0.1, 0.15) is 24.8 Å². The van der Waals surface area contributed by atoms with Crippen LogP contribution in [0.4, 0.5) is 19.0 Å². The molecule has 1 aliphatic heterocycles. The van der Waals surface area contributed by atoms with E-state index in [0.717, 1.165) is 35.1 Å². The van der Waals surface area contributed by atoms with Crippen LogP contribution in [0.2, 0.25) is 25.7 Å². The molecule has 7 nitrogen and oxygen atoms in total. The molecule has 2 heterocycles. The highest BCUT2D eigenvalue weighted by Crippen LogP contribution is 2.40. The van der Waals surface area contributed by atoms with Crippen molar-refractivity contribution in [3.8, 4) is 0 Å². The van der Waals surface area contributed by atoms with Crippen molar-refractivity contribution in [1.82, 2.24) is 14.5 Å². The normalized spacial score (nSPS) is 18.6. The average Bonchev–Trinajstić information content (AvgIpc) is 3.31. The minimum absolute atomic E-state index is 0.0375. The molecule has 0 spiro atoms. The largest absolute Gasteiger partial charge is 0.493 e. The predicted octanol–water partition coefficient (Wildman–Crippen LogP) is 8.57. The van der Waals surface area contributed by atoms with Gasteiger partial charge in [0.25, 0.3) is 0 Å². The number of alkyl halides is 3. The Morgan fingerprint density at radius 3 is 2.47 bits per heavy atom. The standard InChI is InChI=1S/C36H45F3N4O3Si/c1-6-19-43-32(44)23-31-33(41-35(43,2)28-13-10-14-29(22-28)36(37,38)39)40-34(42(31)25-45-20-21-47(3,4)5)27-15-17-30(18-16-27)46-24-26-11-8-7-9-12-26/h7-15,17,22,41H,6,16,18-21,23-25H2,1-5H3. The molecule has 5 rings (SSSR count).